The van der Waals surface area contributed by atoms with Gasteiger partial charge in [-0.1, -0.05) is 0 Å². The molecule has 2 heterocycles. The predicted octanol–water partition coefficient (Wildman–Crippen LogP) is 1.72. The molecule has 6 nitrogen and oxygen atoms in total. The molecule has 1 aromatic rings. The summed E-state index contributed by atoms with van der Waals surface area (Å²) in [6.45, 7) is 3.74. The third kappa shape index (κ3) is 2.62. The number of nitro groups is 1. The third-order valence-corrected chi connectivity index (χ3v) is 3.23. The molecule has 0 radical (unpaired) electrons. The van der Waals surface area contributed by atoms with Crippen molar-refractivity contribution in [3.63, 3.8) is 0 Å². The maximum atomic E-state index is 10.8. The molecule has 1 aliphatic rings. The van der Waals surface area contributed by atoms with Crippen molar-refractivity contribution in [2.45, 2.75) is 13.0 Å². The summed E-state index contributed by atoms with van der Waals surface area (Å²) in [7, 11) is 0. The van der Waals surface area contributed by atoms with Gasteiger partial charge in [-0.3, -0.25) is 10.1 Å². The van der Waals surface area contributed by atoms with Crippen molar-refractivity contribution >= 4 is 21.6 Å². The molecule has 1 aromatic heterocycles. The molecule has 1 aliphatic heterocycles. The van der Waals surface area contributed by atoms with Gasteiger partial charge in [0.2, 0.25) is 0 Å². The quantitative estimate of drug-likeness (QED) is 0.665. The number of nitrogens with one attached hydrogen (secondary N) is 1. The van der Waals surface area contributed by atoms with Gasteiger partial charge < -0.3 is 10.1 Å². The SMILES string of the molecule is Cc1nc(C2CNCCO2)c(Br)cc1[N+](=O)[O-]. The molecule has 92 valence electrons. The van der Waals surface area contributed by atoms with Crippen molar-refractivity contribution < 1.29 is 9.66 Å². The van der Waals surface area contributed by atoms with Gasteiger partial charge >= 0.3 is 0 Å². The summed E-state index contributed by atoms with van der Waals surface area (Å²) >= 11 is 3.31. The van der Waals surface area contributed by atoms with Crippen LogP contribution in [-0.4, -0.2) is 29.6 Å². The van der Waals surface area contributed by atoms with Crippen molar-refractivity contribution in [3.05, 3.63) is 32.0 Å². The molecule has 0 saturated carbocycles. The van der Waals surface area contributed by atoms with Crippen LogP contribution in [0.3, 0.4) is 0 Å². The number of nitrogens with zero attached hydrogens (tertiary/aromatic N) is 2. The van der Waals surface area contributed by atoms with Crippen LogP contribution in [0.15, 0.2) is 10.5 Å². The summed E-state index contributed by atoms with van der Waals surface area (Å²) in [5, 5.41) is 14.0. The van der Waals surface area contributed by atoms with Crippen LogP contribution in [0.25, 0.3) is 0 Å². The standard InChI is InChI=1S/C10H12BrN3O3/c1-6-8(14(15)16)4-7(11)10(13-6)9-5-12-2-3-17-9/h4,9,12H,2-3,5H2,1H3. The molecule has 1 N–H and O–H groups in total. The molecule has 0 bridgehead atoms. The summed E-state index contributed by atoms with van der Waals surface area (Å²) in [5.41, 5.74) is 1.13. The monoisotopic (exact) mass is 301 g/mol. The second-order valence-corrected chi connectivity index (χ2v) is 4.63. The van der Waals surface area contributed by atoms with Crippen LogP contribution in [0, 0.1) is 17.0 Å². The van der Waals surface area contributed by atoms with E-state index in [-0.39, 0.29) is 11.8 Å². The average Bonchev–Trinajstić information content (AvgIpc) is 2.32. The maximum absolute atomic E-state index is 10.8. The number of aryl methyl sites for hydroxylation is 1. The average molecular weight is 302 g/mol. The van der Waals surface area contributed by atoms with Crippen LogP contribution in [0.2, 0.25) is 0 Å². The fourth-order valence-corrected chi connectivity index (χ4v) is 2.30. The third-order valence-electron chi connectivity index (χ3n) is 2.60. The zero-order valence-electron chi connectivity index (χ0n) is 9.27. The van der Waals surface area contributed by atoms with Gasteiger partial charge in [0.15, 0.2) is 0 Å². The second kappa shape index (κ2) is 5.07. The predicted molar refractivity (Wildman–Crippen MR) is 64.9 cm³/mol. The summed E-state index contributed by atoms with van der Waals surface area (Å²) in [5.74, 6) is 0. The Hall–Kier alpha value is -1.05. The van der Waals surface area contributed by atoms with Gasteiger partial charge in [-0.25, -0.2) is 4.98 Å². The minimum absolute atomic E-state index is 0.0180. The molecular weight excluding hydrogens is 290 g/mol. The van der Waals surface area contributed by atoms with E-state index in [2.05, 4.69) is 26.2 Å². The second-order valence-electron chi connectivity index (χ2n) is 3.78. The van der Waals surface area contributed by atoms with Gasteiger partial charge in [0.1, 0.15) is 11.8 Å². The van der Waals surface area contributed by atoms with Crippen molar-refractivity contribution in [2.24, 2.45) is 0 Å². The summed E-state index contributed by atoms with van der Waals surface area (Å²) < 4.78 is 6.19. The van der Waals surface area contributed by atoms with Gasteiger partial charge in [-0.15, -0.1) is 0 Å². The Morgan fingerprint density at radius 2 is 2.47 bits per heavy atom. The first-order chi connectivity index (χ1) is 8.09. The van der Waals surface area contributed by atoms with Gasteiger partial charge in [0, 0.05) is 23.6 Å². The van der Waals surface area contributed by atoms with Crippen LogP contribution in [0.5, 0.6) is 0 Å². The van der Waals surface area contributed by atoms with Crippen LogP contribution in [0.4, 0.5) is 5.69 Å². The molecule has 2 rings (SSSR count). The first-order valence-corrected chi connectivity index (χ1v) is 6.02. The molecule has 1 atom stereocenters. The minimum Gasteiger partial charge on any atom is -0.369 e. The number of hydrogen-bond donors (Lipinski definition) is 1. The number of hydrogen-bond acceptors (Lipinski definition) is 5. The number of pyridine rings is 1. The van der Waals surface area contributed by atoms with E-state index in [9.17, 15) is 10.1 Å². The molecular formula is C10H12BrN3O3. The van der Waals surface area contributed by atoms with E-state index in [0.29, 0.717) is 29.0 Å². The lowest BCUT2D eigenvalue weighted by Crippen LogP contribution is -2.34. The lowest BCUT2D eigenvalue weighted by molar-refractivity contribution is -0.385. The molecule has 0 amide bonds. The van der Waals surface area contributed by atoms with Gasteiger partial charge in [-0.2, -0.15) is 0 Å². The Balaban J connectivity index is 2.35. The van der Waals surface area contributed by atoms with Crippen LogP contribution >= 0.6 is 15.9 Å². The van der Waals surface area contributed by atoms with E-state index in [0.717, 1.165) is 6.54 Å². The number of morpholine rings is 1. The van der Waals surface area contributed by atoms with Crippen molar-refractivity contribution in [3.8, 4) is 0 Å². The van der Waals surface area contributed by atoms with E-state index < -0.39 is 4.92 Å². The Kier molecular flexibility index (Phi) is 3.70. The first-order valence-electron chi connectivity index (χ1n) is 5.23. The van der Waals surface area contributed by atoms with E-state index in [1.54, 1.807) is 6.92 Å². The van der Waals surface area contributed by atoms with Crippen molar-refractivity contribution in [1.29, 1.82) is 0 Å². The highest BCUT2D eigenvalue weighted by atomic mass is 79.9. The van der Waals surface area contributed by atoms with Crippen molar-refractivity contribution in [2.75, 3.05) is 19.7 Å². The summed E-state index contributed by atoms with van der Waals surface area (Å²) in [6.07, 6.45) is -0.155. The fourth-order valence-electron chi connectivity index (χ4n) is 1.74. The highest BCUT2D eigenvalue weighted by Crippen LogP contribution is 2.30. The van der Waals surface area contributed by atoms with Crippen molar-refractivity contribution in [1.82, 2.24) is 10.3 Å². The van der Waals surface area contributed by atoms with E-state index in [1.807, 2.05) is 0 Å². The Morgan fingerprint density at radius 1 is 1.71 bits per heavy atom. The van der Waals surface area contributed by atoms with Crippen LogP contribution in [-0.2, 0) is 4.74 Å². The molecule has 17 heavy (non-hydrogen) atoms. The number of aromatic nitrogens is 1. The fraction of sp³-hybridized carbons (Fsp3) is 0.500. The molecule has 7 heteroatoms. The van der Waals surface area contributed by atoms with E-state index >= 15 is 0 Å². The molecule has 1 saturated heterocycles. The van der Waals surface area contributed by atoms with Crippen LogP contribution in [0.1, 0.15) is 17.5 Å². The largest absolute Gasteiger partial charge is 0.369 e. The number of halogens is 1. The molecule has 0 spiro atoms. The lowest BCUT2D eigenvalue weighted by atomic mass is 10.2. The number of ether oxygens (including phenoxy) is 1. The summed E-state index contributed by atoms with van der Waals surface area (Å²) in [6, 6.07) is 1.48. The Bertz CT molecular complexity index is 447. The highest BCUT2D eigenvalue weighted by Gasteiger charge is 2.23. The van der Waals surface area contributed by atoms with Gasteiger partial charge in [0.05, 0.1) is 17.2 Å². The molecule has 1 fully saturated rings. The lowest BCUT2D eigenvalue weighted by Gasteiger charge is -2.24. The van der Waals surface area contributed by atoms with E-state index in [4.69, 9.17) is 4.74 Å². The maximum Gasteiger partial charge on any atom is 0.291 e. The normalized spacial score (nSPS) is 20.2. The topological polar surface area (TPSA) is 77.3 Å². The first kappa shape index (κ1) is 12.4. The zero-order chi connectivity index (χ0) is 12.4. The summed E-state index contributed by atoms with van der Waals surface area (Å²) in [4.78, 5) is 14.6. The Labute approximate surface area is 107 Å². The highest BCUT2D eigenvalue weighted by molar-refractivity contribution is 9.10. The molecule has 0 aliphatic carbocycles. The Morgan fingerprint density at radius 3 is 3.06 bits per heavy atom. The number of rotatable bonds is 2. The van der Waals surface area contributed by atoms with Gasteiger partial charge in [0.25, 0.3) is 5.69 Å². The zero-order valence-corrected chi connectivity index (χ0v) is 10.9. The smallest absolute Gasteiger partial charge is 0.291 e. The van der Waals surface area contributed by atoms with Crippen LogP contribution < -0.4 is 5.32 Å². The van der Waals surface area contributed by atoms with Gasteiger partial charge in [-0.05, 0) is 22.9 Å². The molecule has 0 aromatic carbocycles. The molecule has 1 unspecified atom stereocenters. The minimum atomic E-state index is -0.434. The van der Waals surface area contributed by atoms with E-state index in [1.165, 1.54) is 6.07 Å².